The van der Waals surface area contributed by atoms with E-state index in [1.807, 2.05) is 36.5 Å². The van der Waals surface area contributed by atoms with Gasteiger partial charge in [0.1, 0.15) is 18.1 Å². The molecule has 0 saturated carbocycles. The maximum Gasteiger partial charge on any atom is 0.135 e. The fraction of sp³-hybridized carbons (Fsp3) is 0.500. The summed E-state index contributed by atoms with van der Waals surface area (Å²) < 4.78 is 5.84. The van der Waals surface area contributed by atoms with Crippen LogP contribution in [-0.4, -0.2) is 54.3 Å². The first kappa shape index (κ1) is 19.3. The van der Waals surface area contributed by atoms with Crippen molar-refractivity contribution in [2.45, 2.75) is 25.7 Å². The zero-order valence-electron chi connectivity index (χ0n) is 16.2. The standard InChI is InChI=1S/C22H28ClN3O2/c23-18-1-3-21(4-2-18)28-14-13-25-9-5-22(6-10-25)7-11-26(12-8-22)19-15-20(27)17-24-16-19/h1-4,15-17,27H,5-14H2. The Kier molecular flexibility index (Phi) is 5.93. The number of rotatable bonds is 5. The SMILES string of the molecule is Oc1cncc(N2CCC3(CCN(CCOc4ccc(Cl)cc4)CC3)CC2)c1. The Morgan fingerprint density at radius 2 is 1.68 bits per heavy atom. The molecule has 5 nitrogen and oxygen atoms in total. The highest BCUT2D eigenvalue weighted by atomic mass is 35.5. The number of anilines is 1. The molecule has 2 fully saturated rings. The number of halogens is 1. The minimum atomic E-state index is 0.243. The maximum absolute atomic E-state index is 9.66. The monoisotopic (exact) mass is 401 g/mol. The Morgan fingerprint density at radius 1 is 1.00 bits per heavy atom. The van der Waals surface area contributed by atoms with E-state index in [1.54, 1.807) is 0 Å². The minimum Gasteiger partial charge on any atom is -0.506 e. The van der Waals surface area contributed by atoms with E-state index in [0.717, 1.165) is 49.2 Å². The molecule has 0 radical (unpaired) electrons. The summed E-state index contributed by atoms with van der Waals surface area (Å²) in [6, 6.07) is 9.38. The number of benzene rings is 1. The Hall–Kier alpha value is -1.98. The van der Waals surface area contributed by atoms with Gasteiger partial charge in [0, 0.05) is 30.7 Å². The van der Waals surface area contributed by atoms with Crippen LogP contribution in [0.4, 0.5) is 5.69 Å². The van der Waals surface area contributed by atoms with E-state index in [4.69, 9.17) is 16.3 Å². The van der Waals surface area contributed by atoms with Crippen molar-refractivity contribution in [1.82, 2.24) is 9.88 Å². The highest BCUT2D eigenvalue weighted by Crippen LogP contribution is 2.42. The minimum absolute atomic E-state index is 0.243. The van der Waals surface area contributed by atoms with Crippen molar-refractivity contribution in [3.8, 4) is 11.5 Å². The number of piperidine rings is 2. The Morgan fingerprint density at radius 3 is 2.36 bits per heavy atom. The van der Waals surface area contributed by atoms with E-state index in [0.29, 0.717) is 12.0 Å². The van der Waals surface area contributed by atoms with Gasteiger partial charge in [-0.3, -0.25) is 9.88 Å². The second kappa shape index (κ2) is 8.58. The van der Waals surface area contributed by atoms with Crippen molar-refractivity contribution in [2.75, 3.05) is 44.2 Å². The average Bonchev–Trinajstić information content (AvgIpc) is 2.72. The predicted octanol–water partition coefficient (Wildman–Crippen LogP) is 4.20. The quantitative estimate of drug-likeness (QED) is 0.813. The molecule has 0 aliphatic carbocycles. The zero-order chi connectivity index (χ0) is 19.4. The van der Waals surface area contributed by atoms with Crippen LogP contribution in [0.5, 0.6) is 11.5 Å². The molecule has 1 aromatic heterocycles. The van der Waals surface area contributed by atoms with Crippen LogP contribution in [-0.2, 0) is 0 Å². The van der Waals surface area contributed by atoms with Gasteiger partial charge in [0.2, 0.25) is 0 Å². The van der Waals surface area contributed by atoms with Crippen molar-refractivity contribution < 1.29 is 9.84 Å². The Labute approximate surface area is 171 Å². The first-order valence-corrected chi connectivity index (χ1v) is 10.5. The van der Waals surface area contributed by atoms with E-state index in [1.165, 1.54) is 31.9 Å². The predicted molar refractivity (Wildman–Crippen MR) is 112 cm³/mol. The van der Waals surface area contributed by atoms with Gasteiger partial charge in [0.05, 0.1) is 18.1 Å². The maximum atomic E-state index is 9.66. The smallest absolute Gasteiger partial charge is 0.135 e. The van der Waals surface area contributed by atoms with Crippen molar-refractivity contribution in [3.63, 3.8) is 0 Å². The first-order chi connectivity index (χ1) is 13.6. The Balaban J connectivity index is 1.20. The lowest BCUT2D eigenvalue weighted by Gasteiger charge is -2.47. The summed E-state index contributed by atoms with van der Waals surface area (Å²) in [5.41, 5.74) is 1.51. The number of likely N-dealkylation sites (tertiary alicyclic amines) is 1. The van der Waals surface area contributed by atoms with Crippen LogP contribution in [0.2, 0.25) is 5.02 Å². The molecule has 2 aliphatic rings. The number of aromatic nitrogens is 1. The number of hydrogen-bond acceptors (Lipinski definition) is 5. The van der Waals surface area contributed by atoms with Gasteiger partial charge in [-0.15, -0.1) is 0 Å². The number of hydrogen-bond donors (Lipinski definition) is 1. The third-order valence-corrected chi connectivity index (χ3v) is 6.56. The molecule has 1 spiro atoms. The van der Waals surface area contributed by atoms with E-state index in [2.05, 4.69) is 14.8 Å². The summed E-state index contributed by atoms with van der Waals surface area (Å²) in [5.74, 6) is 1.12. The van der Waals surface area contributed by atoms with Crippen LogP contribution in [0.25, 0.3) is 0 Å². The number of pyridine rings is 1. The third-order valence-electron chi connectivity index (χ3n) is 6.31. The summed E-state index contributed by atoms with van der Waals surface area (Å²) in [4.78, 5) is 8.98. The molecule has 150 valence electrons. The molecule has 4 rings (SSSR count). The Bertz CT molecular complexity index is 766. The molecular formula is C22H28ClN3O2. The first-order valence-electron chi connectivity index (χ1n) is 10.1. The van der Waals surface area contributed by atoms with Crippen LogP contribution in [0.3, 0.4) is 0 Å². The van der Waals surface area contributed by atoms with Crippen LogP contribution in [0.15, 0.2) is 42.7 Å². The van der Waals surface area contributed by atoms with E-state index in [-0.39, 0.29) is 5.75 Å². The van der Waals surface area contributed by atoms with E-state index >= 15 is 0 Å². The van der Waals surface area contributed by atoms with Crippen molar-refractivity contribution >= 4 is 17.3 Å². The second-order valence-electron chi connectivity index (χ2n) is 8.03. The van der Waals surface area contributed by atoms with Gasteiger partial charge < -0.3 is 14.7 Å². The van der Waals surface area contributed by atoms with Gasteiger partial charge in [0.25, 0.3) is 0 Å². The molecule has 28 heavy (non-hydrogen) atoms. The highest BCUT2D eigenvalue weighted by molar-refractivity contribution is 6.30. The van der Waals surface area contributed by atoms with Crippen LogP contribution in [0, 0.1) is 5.41 Å². The number of ether oxygens (including phenoxy) is 1. The van der Waals surface area contributed by atoms with E-state index < -0.39 is 0 Å². The number of aromatic hydroxyl groups is 1. The molecule has 1 N–H and O–H groups in total. The fourth-order valence-corrected chi connectivity index (χ4v) is 4.53. The van der Waals surface area contributed by atoms with Gasteiger partial charge in [-0.1, -0.05) is 11.6 Å². The summed E-state index contributed by atoms with van der Waals surface area (Å²) in [5, 5.41) is 10.4. The molecule has 0 unspecified atom stereocenters. The summed E-state index contributed by atoms with van der Waals surface area (Å²) in [7, 11) is 0. The normalized spacial score (nSPS) is 19.7. The lowest BCUT2D eigenvalue weighted by molar-refractivity contribution is 0.0716. The molecule has 3 heterocycles. The zero-order valence-corrected chi connectivity index (χ0v) is 16.9. The topological polar surface area (TPSA) is 48.8 Å². The molecule has 2 saturated heterocycles. The van der Waals surface area contributed by atoms with Crippen molar-refractivity contribution in [3.05, 3.63) is 47.7 Å². The molecule has 2 aliphatic heterocycles. The summed E-state index contributed by atoms with van der Waals surface area (Å²) in [6.45, 7) is 6.08. The van der Waals surface area contributed by atoms with Crippen LogP contribution in [0.1, 0.15) is 25.7 Å². The van der Waals surface area contributed by atoms with Gasteiger partial charge in [0.15, 0.2) is 0 Å². The van der Waals surface area contributed by atoms with Crippen molar-refractivity contribution in [2.24, 2.45) is 5.41 Å². The van der Waals surface area contributed by atoms with Crippen LogP contribution < -0.4 is 9.64 Å². The molecule has 2 aromatic rings. The second-order valence-corrected chi connectivity index (χ2v) is 8.47. The summed E-state index contributed by atoms with van der Waals surface area (Å²) in [6.07, 6.45) is 8.30. The number of nitrogens with zero attached hydrogens (tertiary/aromatic N) is 3. The highest BCUT2D eigenvalue weighted by Gasteiger charge is 2.37. The lowest BCUT2D eigenvalue weighted by atomic mass is 9.71. The van der Waals surface area contributed by atoms with Crippen LogP contribution >= 0.6 is 11.6 Å². The molecule has 1 aromatic carbocycles. The van der Waals surface area contributed by atoms with Gasteiger partial charge in [-0.25, -0.2) is 0 Å². The molecule has 0 amide bonds. The van der Waals surface area contributed by atoms with E-state index in [9.17, 15) is 5.11 Å². The average molecular weight is 402 g/mol. The molecule has 6 heteroatoms. The van der Waals surface area contributed by atoms with Gasteiger partial charge >= 0.3 is 0 Å². The molecule has 0 atom stereocenters. The van der Waals surface area contributed by atoms with Gasteiger partial charge in [-0.2, -0.15) is 0 Å². The largest absolute Gasteiger partial charge is 0.506 e. The fourth-order valence-electron chi connectivity index (χ4n) is 4.40. The van der Waals surface area contributed by atoms with Crippen molar-refractivity contribution in [1.29, 1.82) is 0 Å². The van der Waals surface area contributed by atoms with Gasteiger partial charge in [-0.05, 0) is 68.5 Å². The third kappa shape index (κ3) is 4.70. The lowest BCUT2D eigenvalue weighted by Crippen LogP contribution is -2.47. The molecule has 0 bridgehead atoms. The molecular weight excluding hydrogens is 374 g/mol. The summed E-state index contributed by atoms with van der Waals surface area (Å²) >= 11 is 5.91.